The fourth-order valence-corrected chi connectivity index (χ4v) is 2.58. The van der Waals surface area contributed by atoms with E-state index in [1.807, 2.05) is 16.8 Å². The summed E-state index contributed by atoms with van der Waals surface area (Å²) in [6, 6.07) is 6.01. The van der Waals surface area contributed by atoms with Crippen LogP contribution in [0.15, 0.2) is 24.4 Å². The van der Waals surface area contributed by atoms with Crippen molar-refractivity contribution in [2.75, 3.05) is 14.2 Å². The zero-order valence-corrected chi connectivity index (χ0v) is 14.4. The number of aromatic nitrogens is 3. The van der Waals surface area contributed by atoms with Crippen molar-refractivity contribution < 1.29 is 9.47 Å². The molecule has 0 aliphatic carbocycles. The van der Waals surface area contributed by atoms with Gasteiger partial charge in [0.15, 0.2) is 11.5 Å². The third-order valence-corrected chi connectivity index (χ3v) is 3.95. The Labute approximate surface area is 138 Å². The summed E-state index contributed by atoms with van der Waals surface area (Å²) >= 11 is 0. The average Bonchev–Trinajstić information content (AvgIpc) is 3.04. The predicted octanol–water partition coefficient (Wildman–Crippen LogP) is 3.66. The molecule has 23 heavy (non-hydrogen) atoms. The van der Waals surface area contributed by atoms with E-state index in [2.05, 4.69) is 29.5 Å². The van der Waals surface area contributed by atoms with Crippen LogP contribution in [0.5, 0.6) is 11.5 Å². The van der Waals surface area contributed by atoms with Crippen LogP contribution >= 0.6 is 0 Å². The summed E-state index contributed by atoms with van der Waals surface area (Å²) in [5, 5.41) is 8.47. The quantitative estimate of drug-likeness (QED) is 0.627. The highest BCUT2D eigenvalue weighted by Crippen LogP contribution is 2.27. The molecule has 1 aromatic heterocycles. The molecule has 5 heteroatoms. The molecule has 2 aromatic rings. The first-order chi connectivity index (χ1) is 11.3. The van der Waals surface area contributed by atoms with Gasteiger partial charge in [-0.2, -0.15) is 0 Å². The second-order valence-corrected chi connectivity index (χ2v) is 5.72. The maximum atomic E-state index is 5.34. The lowest BCUT2D eigenvalue weighted by Crippen LogP contribution is -2.02. The van der Waals surface area contributed by atoms with E-state index in [-0.39, 0.29) is 0 Å². The van der Waals surface area contributed by atoms with Gasteiger partial charge in [-0.25, -0.2) is 0 Å². The van der Waals surface area contributed by atoms with Crippen LogP contribution in [0, 0.1) is 0 Å². The summed E-state index contributed by atoms with van der Waals surface area (Å²) in [6.45, 7) is 3.04. The molecule has 0 atom stereocenters. The van der Waals surface area contributed by atoms with Gasteiger partial charge in [-0.3, -0.25) is 4.68 Å². The van der Waals surface area contributed by atoms with Crippen LogP contribution < -0.4 is 9.47 Å². The van der Waals surface area contributed by atoms with E-state index in [0.29, 0.717) is 0 Å². The Balaban J connectivity index is 1.85. The van der Waals surface area contributed by atoms with Crippen molar-refractivity contribution in [3.05, 3.63) is 35.7 Å². The SMILES string of the molecule is CCCCCCc1cn(CCc2ccc(OC)c(OC)c2)nn1. The van der Waals surface area contributed by atoms with Gasteiger partial charge in [-0.15, -0.1) is 5.10 Å². The molecule has 5 nitrogen and oxygen atoms in total. The topological polar surface area (TPSA) is 49.2 Å². The number of hydrogen-bond acceptors (Lipinski definition) is 4. The van der Waals surface area contributed by atoms with Gasteiger partial charge in [-0.05, 0) is 37.0 Å². The number of benzene rings is 1. The molecule has 0 saturated heterocycles. The Hall–Kier alpha value is -2.04. The van der Waals surface area contributed by atoms with Gasteiger partial charge in [-0.1, -0.05) is 37.5 Å². The van der Waals surface area contributed by atoms with Crippen molar-refractivity contribution in [1.82, 2.24) is 15.0 Å². The van der Waals surface area contributed by atoms with Crippen LogP contribution in [0.1, 0.15) is 43.9 Å². The molecule has 0 unspecified atom stereocenters. The fraction of sp³-hybridized carbons (Fsp3) is 0.556. The maximum Gasteiger partial charge on any atom is 0.160 e. The van der Waals surface area contributed by atoms with Crippen molar-refractivity contribution >= 4 is 0 Å². The van der Waals surface area contributed by atoms with Crippen LogP contribution in [-0.2, 0) is 19.4 Å². The minimum atomic E-state index is 0.756. The summed E-state index contributed by atoms with van der Waals surface area (Å²) in [6.07, 6.45) is 9.00. The lowest BCUT2D eigenvalue weighted by Gasteiger charge is -2.09. The second-order valence-electron chi connectivity index (χ2n) is 5.72. The Kier molecular flexibility index (Phi) is 6.91. The average molecular weight is 317 g/mol. The van der Waals surface area contributed by atoms with Gasteiger partial charge in [0.2, 0.25) is 0 Å². The summed E-state index contributed by atoms with van der Waals surface area (Å²) in [7, 11) is 3.30. The van der Waals surface area contributed by atoms with Gasteiger partial charge in [0.25, 0.3) is 0 Å². The fourth-order valence-electron chi connectivity index (χ4n) is 2.58. The molecule has 126 valence electrons. The molecule has 2 rings (SSSR count). The van der Waals surface area contributed by atoms with Gasteiger partial charge in [0.1, 0.15) is 0 Å². The molecule has 0 spiro atoms. The molecular weight excluding hydrogens is 290 g/mol. The number of aryl methyl sites for hydroxylation is 3. The molecule has 1 heterocycles. The van der Waals surface area contributed by atoms with Crippen LogP contribution in [-0.4, -0.2) is 29.2 Å². The number of methoxy groups -OCH3 is 2. The highest BCUT2D eigenvalue weighted by molar-refractivity contribution is 5.42. The molecule has 0 saturated carbocycles. The van der Waals surface area contributed by atoms with E-state index in [9.17, 15) is 0 Å². The molecule has 0 amide bonds. The Morgan fingerprint density at radius 3 is 2.57 bits per heavy atom. The summed E-state index contributed by atoms with van der Waals surface area (Å²) in [4.78, 5) is 0. The number of nitrogens with zero attached hydrogens (tertiary/aromatic N) is 3. The van der Waals surface area contributed by atoms with E-state index >= 15 is 0 Å². The monoisotopic (exact) mass is 317 g/mol. The van der Waals surface area contributed by atoms with Gasteiger partial charge >= 0.3 is 0 Å². The zero-order valence-electron chi connectivity index (χ0n) is 14.4. The highest BCUT2D eigenvalue weighted by atomic mass is 16.5. The molecule has 0 bridgehead atoms. The minimum absolute atomic E-state index is 0.756. The van der Waals surface area contributed by atoms with E-state index in [1.165, 1.54) is 31.2 Å². The summed E-state index contributed by atoms with van der Waals surface area (Å²) < 4.78 is 12.5. The summed E-state index contributed by atoms with van der Waals surface area (Å²) in [5.74, 6) is 1.52. The van der Waals surface area contributed by atoms with Crippen LogP contribution in [0.25, 0.3) is 0 Å². The molecule has 0 fully saturated rings. The molecule has 0 radical (unpaired) electrons. The molecule has 0 aliphatic heterocycles. The van der Waals surface area contributed by atoms with Crippen LogP contribution in [0.2, 0.25) is 0 Å². The van der Waals surface area contributed by atoms with Gasteiger partial charge in [0, 0.05) is 12.7 Å². The minimum Gasteiger partial charge on any atom is -0.493 e. The van der Waals surface area contributed by atoms with Crippen LogP contribution in [0.3, 0.4) is 0 Å². The smallest absolute Gasteiger partial charge is 0.160 e. The van der Waals surface area contributed by atoms with Crippen LogP contribution in [0.4, 0.5) is 0 Å². The van der Waals surface area contributed by atoms with Crippen molar-refractivity contribution in [2.24, 2.45) is 0 Å². The Morgan fingerprint density at radius 1 is 1.00 bits per heavy atom. The van der Waals surface area contributed by atoms with Gasteiger partial charge in [0.05, 0.1) is 19.9 Å². The second kappa shape index (κ2) is 9.18. The number of unbranched alkanes of at least 4 members (excludes halogenated alkanes) is 3. The van der Waals surface area contributed by atoms with Crippen molar-refractivity contribution in [3.8, 4) is 11.5 Å². The standard InChI is InChI=1S/C18H27N3O2/c1-4-5-6-7-8-16-14-21(20-19-16)12-11-15-9-10-17(22-2)18(13-15)23-3/h9-10,13-14H,4-8,11-12H2,1-3H3. The van der Waals surface area contributed by atoms with E-state index in [4.69, 9.17) is 9.47 Å². The lowest BCUT2D eigenvalue weighted by molar-refractivity contribution is 0.354. The highest BCUT2D eigenvalue weighted by Gasteiger charge is 2.06. The third-order valence-electron chi connectivity index (χ3n) is 3.95. The van der Waals surface area contributed by atoms with Crippen molar-refractivity contribution in [2.45, 2.75) is 52.0 Å². The summed E-state index contributed by atoms with van der Waals surface area (Å²) in [5.41, 5.74) is 2.29. The number of rotatable bonds is 10. The van der Waals surface area contributed by atoms with E-state index < -0.39 is 0 Å². The van der Waals surface area contributed by atoms with Gasteiger partial charge < -0.3 is 9.47 Å². The largest absolute Gasteiger partial charge is 0.493 e. The lowest BCUT2D eigenvalue weighted by atomic mass is 10.1. The number of hydrogen-bond donors (Lipinski definition) is 0. The maximum absolute atomic E-state index is 5.34. The predicted molar refractivity (Wildman–Crippen MR) is 91.1 cm³/mol. The first kappa shape index (κ1) is 17.3. The Bertz CT molecular complexity index is 596. The van der Waals surface area contributed by atoms with Crippen molar-refractivity contribution in [1.29, 1.82) is 0 Å². The Morgan fingerprint density at radius 2 is 1.83 bits per heavy atom. The molecule has 1 aromatic carbocycles. The normalized spacial score (nSPS) is 10.7. The first-order valence-corrected chi connectivity index (χ1v) is 8.36. The molecule has 0 N–H and O–H groups in total. The third kappa shape index (κ3) is 5.27. The zero-order chi connectivity index (χ0) is 16.5. The van der Waals surface area contributed by atoms with E-state index in [0.717, 1.165) is 36.6 Å². The molecular formula is C18H27N3O2. The number of ether oxygens (including phenoxy) is 2. The molecule has 0 aliphatic rings. The van der Waals surface area contributed by atoms with E-state index in [1.54, 1.807) is 14.2 Å². The van der Waals surface area contributed by atoms with Crippen molar-refractivity contribution in [3.63, 3.8) is 0 Å². The first-order valence-electron chi connectivity index (χ1n) is 8.36.